The van der Waals surface area contributed by atoms with Crippen LogP contribution in [0.2, 0.25) is 0 Å². The molecule has 1 aliphatic heterocycles. The van der Waals surface area contributed by atoms with Gasteiger partial charge in [0, 0.05) is 18.0 Å². The maximum absolute atomic E-state index is 9.21. The van der Waals surface area contributed by atoms with E-state index < -0.39 is 6.10 Å². The van der Waals surface area contributed by atoms with Gasteiger partial charge in [-0.1, -0.05) is 6.92 Å². The molecule has 1 aliphatic rings. The number of anilines is 1. The average molecular weight is 201 g/mol. The number of hydrogen-bond acceptors (Lipinski definition) is 6. The minimum atomic E-state index is -0.408. The summed E-state index contributed by atoms with van der Waals surface area (Å²) in [5.74, 6) is 0.824. The molecule has 1 aromatic heterocycles. The van der Waals surface area contributed by atoms with Gasteiger partial charge in [0.2, 0.25) is 5.13 Å². The molecule has 5 nitrogen and oxygen atoms in total. The highest BCUT2D eigenvalue weighted by Crippen LogP contribution is 2.21. The minimum Gasteiger partial charge on any atom is -0.389 e. The third-order valence-electron chi connectivity index (χ3n) is 1.79. The SMILES string of the molecule is CCc1nsc(N2CC(O)CO2)n1. The van der Waals surface area contributed by atoms with Crippen LogP contribution in [-0.2, 0) is 11.3 Å². The molecule has 0 spiro atoms. The number of β-amino-alcohol motifs (C(OH)–C–C–N with tert-alkyl or cyclic N) is 1. The van der Waals surface area contributed by atoms with E-state index >= 15 is 0 Å². The monoisotopic (exact) mass is 201 g/mol. The molecule has 0 amide bonds. The van der Waals surface area contributed by atoms with Gasteiger partial charge in [-0.3, -0.25) is 4.84 Å². The Hall–Kier alpha value is -0.720. The minimum absolute atomic E-state index is 0.348. The molecule has 2 rings (SSSR count). The van der Waals surface area contributed by atoms with Crippen LogP contribution in [0.1, 0.15) is 12.7 Å². The Balaban J connectivity index is 2.08. The largest absolute Gasteiger partial charge is 0.389 e. The van der Waals surface area contributed by atoms with Gasteiger partial charge >= 0.3 is 0 Å². The lowest BCUT2D eigenvalue weighted by Crippen LogP contribution is -2.19. The summed E-state index contributed by atoms with van der Waals surface area (Å²) in [7, 11) is 0. The van der Waals surface area contributed by atoms with Gasteiger partial charge < -0.3 is 5.11 Å². The van der Waals surface area contributed by atoms with Gasteiger partial charge in [-0.15, -0.1) is 0 Å². The van der Waals surface area contributed by atoms with Crippen LogP contribution in [0.3, 0.4) is 0 Å². The van der Waals surface area contributed by atoms with Gasteiger partial charge in [-0.2, -0.15) is 4.37 Å². The van der Waals surface area contributed by atoms with E-state index in [-0.39, 0.29) is 0 Å². The van der Waals surface area contributed by atoms with E-state index in [0.717, 1.165) is 17.4 Å². The molecule has 1 atom stereocenters. The average Bonchev–Trinajstić information content (AvgIpc) is 2.71. The number of hydroxylamine groups is 1. The summed E-state index contributed by atoms with van der Waals surface area (Å²) in [5, 5.41) is 11.5. The fourth-order valence-corrected chi connectivity index (χ4v) is 1.82. The molecule has 0 radical (unpaired) electrons. The van der Waals surface area contributed by atoms with E-state index in [1.807, 2.05) is 6.92 Å². The second kappa shape index (κ2) is 3.57. The molecule has 13 heavy (non-hydrogen) atoms. The van der Waals surface area contributed by atoms with Crippen molar-refractivity contribution in [3.05, 3.63) is 5.82 Å². The summed E-state index contributed by atoms with van der Waals surface area (Å²) in [6.07, 6.45) is 0.418. The van der Waals surface area contributed by atoms with Crippen molar-refractivity contribution in [2.75, 3.05) is 18.2 Å². The highest BCUT2D eigenvalue weighted by atomic mass is 32.1. The normalized spacial score (nSPS) is 22.6. The Morgan fingerprint density at radius 1 is 1.77 bits per heavy atom. The van der Waals surface area contributed by atoms with Crippen LogP contribution in [0, 0.1) is 0 Å². The van der Waals surface area contributed by atoms with Crippen LogP contribution >= 0.6 is 11.5 Å². The molecular formula is C7H11N3O2S. The first-order valence-corrected chi connectivity index (χ1v) is 4.98. The van der Waals surface area contributed by atoms with E-state index in [9.17, 15) is 5.11 Å². The Morgan fingerprint density at radius 2 is 2.62 bits per heavy atom. The summed E-state index contributed by atoms with van der Waals surface area (Å²) < 4.78 is 4.13. The molecule has 0 aromatic carbocycles. The quantitative estimate of drug-likeness (QED) is 0.741. The van der Waals surface area contributed by atoms with Crippen LogP contribution in [0.15, 0.2) is 0 Å². The molecule has 1 saturated heterocycles. The van der Waals surface area contributed by atoms with Crippen molar-refractivity contribution < 1.29 is 9.94 Å². The number of aliphatic hydroxyl groups is 1. The summed E-state index contributed by atoms with van der Waals surface area (Å²) in [6.45, 7) is 2.84. The lowest BCUT2D eigenvalue weighted by Gasteiger charge is -2.09. The highest BCUT2D eigenvalue weighted by molar-refractivity contribution is 7.09. The van der Waals surface area contributed by atoms with E-state index in [4.69, 9.17) is 4.84 Å². The molecule has 1 N–H and O–H groups in total. The lowest BCUT2D eigenvalue weighted by atomic mass is 10.4. The molecule has 1 fully saturated rings. The third-order valence-corrected chi connectivity index (χ3v) is 2.55. The van der Waals surface area contributed by atoms with Gasteiger partial charge in [-0.25, -0.2) is 10.0 Å². The van der Waals surface area contributed by atoms with Crippen LogP contribution in [0.25, 0.3) is 0 Å². The Morgan fingerprint density at radius 3 is 3.15 bits per heavy atom. The summed E-state index contributed by atoms with van der Waals surface area (Å²) >= 11 is 1.30. The summed E-state index contributed by atoms with van der Waals surface area (Å²) in [4.78, 5) is 9.44. The fourth-order valence-electron chi connectivity index (χ4n) is 1.10. The highest BCUT2D eigenvalue weighted by Gasteiger charge is 2.24. The molecule has 1 aromatic rings. The zero-order chi connectivity index (χ0) is 9.26. The Bertz CT molecular complexity index is 291. The number of aromatic nitrogens is 2. The number of nitrogens with zero attached hydrogens (tertiary/aromatic N) is 3. The van der Waals surface area contributed by atoms with Crippen molar-refractivity contribution in [1.82, 2.24) is 9.36 Å². The lowest BCUT2D eigenvalue weighted by molar-refractivity contribution is 0.116. The van der Waals surface area contributed by atoms with E-state index in [2.05, 4.69) is 9.36 Å². The number of rotatable bonds is 2. The first kappa shape index (κ1) is 8.86. The van der Waals surface area contributed by atoms with Crippen LogP contribution < -0.4 is 5.06 Å². The van der Waals surface area contributed by atoms with Crippen LogP contribution in [0.4, 0.5) is 5.13 Å². The summed E-state index contributed by atoms with van der Waals surface area (Å²) in [6, 6.07) is 0. The second-order valence-corrected chi connectivity index (χ2v) is 3.59. The van der Waals surface area contributed by atoms with Gasteiger partial charge in [-0.05, 0) is 0 Å². The van der Waals surface area contributed by atoms with Gasteiger partial charge in [0.05, 0.1) is 12.6 Å². The number of aryl methyl sites for hydroxylation is 1. The molecule has 0 saturated carbocycles. The Kier molecular flexibility index (Phi) is 2.43. The molecular weight excluding hydrogens is 190 g/mol. The van der Waals surface area contributed by atoms with Crippen molar-refractivity contribution in [3.63, 3.8) is 0 Å². The standard InChI is InChI=1S/C7H11N3O2S/c1-2-6-8-7(13-9-6)10-3-5(11)4-12-10/h5,11H,2-4H2,1H3. The fraction of sp³-hybridized carbons (Fsp3) is 0.714. The predicted octanol–water partition coefficient (Wildman–Crippen LogP) is 0.213. The van der Waals surface area contributed by atoms with Crippen molar-refractivity contribution in [3.8, 4) is 0 Å². The van der Waals surface area contributed by atoms with Gasteiger partial charge in [0.15, 0.2) is 0 Å². The van der Waals surface area contributed by atoms with Gasteiger partial charge in [0.1, 0.15) is 12.4 Å². The van der Waals surface area contributed by atoms with Crippen molar-refractivity contribution in [1.29, 1.82) is 0 Å². The van der Waals surface area contributed by atoms with E-state index in [0.29, 0.717) is 13.2 Å². The first-order valence-electron chi connectivity index (χ1n) is 4.20. The molecule has 6 heteroatoms. The first-order chi connectivity index (χ1) is 6.29. The summed E-state index contributed by atoms with van der Waals surface area (Å²) in [5.41, 5.74) is 0. The smallest absolute Gasteiger partial charge is 0.229 e. The number of aliphatic hydroxyl groups excluding tert-OH is 1. The second-order valence-electron chi connectivity index (χ2n) is 2.86. The maximum atomic E-state index is 9.21. The maximum Gasteiger partial charge on any atom is 0.229 e. The third kappa shape index (κ3) is 1.79. The molecule has 0 bridgehead atoms. The molecule has 1 unspecified atom stereocenters. The van der Waals surface area contributed by atoms with Crippen LogP contribution in [-0.4, -0.2) is 33.7 Å². The van der Waals surface area contributed by atoms with E-state index in [1.54, 1.807) is 5.06 Å². The van der Waals surface area contributed by atoms with Crippen LogP contribution in [0.5, 0.6) is 0 Å². The molecule has 72 valence electrons. The van der Waals surface area contributed by atoms with E-state index in [1.165, 1.54) is 11.5 Å². The topological polar surface area (TPSA) is 58.5 Å². The van der Waals surface area contributed by atoms with Crippen molar-refractivity contribution in [2.24, 2.45) is 0 Å². The zero-order valence-electron chi connectivity index (χ0n) is 7.30. The van der Waals surface area contributed by atoms with Crippen molar-refractivity contribution >= 4 is 16.7 Å². The Labute approximate surface area is 80.1 Å². The molecule has 2 heterocycles. The zero-order valence-corrected chi connectivity index (χ0v) is 8.12. The van der Waals surface area contributed by atoms with Gasteiger partial charge in [0.25, 0.3) is 0 Å². The molecule has 0 aliphatic carbocycles. The predicted molar refractivity (Wildman–Crippen MR) is 48.6 cm³/mol. The van der Waals surface area contributed by atoms with Crippen molar-refractivity contribution in [2.45, 2.75) is 19.4 Å². The number of hydrogen-bond donors (Lipinski definition) is 1.